The molecule has 46 valence electrons. The molecule has 0 aliphatic rings. The summed E-state index contributed by atoms with van der Waals surface area (Å²) in [5.41, 5.74) is 0.494. The molecule has 3 nitrogen and oxygen atoms in total. The Bertz CT molecular complexity index is 121. The minimum Gasteiger partial charge on any atom is -0.354 e. The van der Waals surface area contributed by atoms with Crippen LogP contribution in [0.1, 0.15) is 6.92 Å². The van der Waals surface area contributed by atoms with Crippen molar-refractivity contribution in [1.82, 2.24) is 5.32 Å². The summed E-state index contributed by atoms with van der Waals surface area (Å²) in [6.07, 6.45) is 0. The number of halogens is 1. The second kappa shape index (κ2) is 3.82. The molecule has 0 aliphatic carbocycles. The van der Waals surface area contributed by atoms with Crippen molar-refractivity contribution in [3.8, 4) is 0 Å². The molecule has 0 aliphatic heterocycles. The molecular formula is C4H7IN2O. The summed E-state index contributed by atoms with van der Waals surface area (Å²) in [7, 11) is 1.58. The average molecular weight is 226 g/mol. The maximum absolute atomic E-state index is 10.5. The highest BCUT2D eigenvalue weighted by molar-refractivity contribution is 14.1. The van der Waals surface area contributed by atoms with E-state index in [0.717, 1.165) is 0 Å². The van der Waals surface area contributed by atoms with E-state index in [9.17, 15) is 4.79 Å². The Morgan fingerprint density at radius 3 is 2.38 bits per heavy atom. The number of carbonyl (C=O) groups is 1. The summed E-state index contributed by atoms with van der Waals surface area (Å²) >= 11 is 1.78. The van der Waals surface area contributed by atoms with Gasteiger partial charge in [-0.15, -0.1) is 0 Å². The average Bonchev–Trinajstić information content (AvgIpc) is 1.84. The lowest BCUT2D eigenvalue weighted by atomic mass is 10.4. The molecule has 0 rings (SSSR count). The van der Waals surface area contributed by atoms with Crippen molar-refractivity contribution in [1.29, 1.82) is 0 Å². The van der Waals surface area contributed by atoms with E-state index in [1.54, 1.807) is 36.8 Å². The van der Waals surface area contributed by atoms with E-state index in [2.05, 4.69) is 8.52 Å². The standard InChI is InChI=1S/C4H7IN2O/c1-3(7-5)4(8)6-2/h1-2H3,(H,6,8)/b7-3+. The molecule has 0 aromatic carbocycles. The van der Waals surface area contributed by atoms with Crippen LogP contribution < -0.4 is 5.32 Å². The lowest BCUT2D eigenvalue weighted by molar-refractivity contribution is -0.114. The van der Waals surface area contributed by atoms with Gasteiger partial charge in [0.15, 0.2) is 0 Å². The minimum absolute atomic E-state index is 0.126. The third-order valence-electron chi connectivity index (χ3n) is 0.682. The Hall–Kier alpha value is -0.130. The highest BCUT2D eigenvalue weighted by atomic mass is 127. The third-order valence-corrected chi connectivity index (χ3v) is 1.41. The van der Waals surface area contributed by atoms with E-state index in [0.29, 0.717) is 5.71 Å². The van der Waals surface area contributed by atoms with Gasteiger partial charge in [-0.1, -0.05) is 0 Å². The van der Waals surface area contributed by atoms with Crippen LogP contribution in [0.5, 0.6) is 0 Å². The van der Waals surface area contributed by atoms with Gasteiger partial charge < -0.3 is 5.32 Å². The fourth-order valence-corrected chi connectivity index (χ4v) is 0.438. The van der Waals surface area contributed by atoms with Crippen molar-refractivity contribution in [2.45, 2.75) is 6.92 Å². The summed E-state index contributed by atoms with van der Waals surface area (Å²) in [5, 5.41) is 2.44. The Balaban J connectivity index is 3.83. The van der Waals surface area contributed by atoms with Crippen molar-refractivity contribution < 1.29 is 4.79 Å². The van der Waals surface area contributed by atoms with Crippen LogP contribution in [-0.2, 0) is 4.79 Å². The van der Waals surface area contributed by atoms with E-state index >= 15 is 0 Å². The molecule has 1 amide bonds. The lowest BCUT2D eigenvalue weighted by Crippen LogP contribution is -2.24. The molecule has 0 saturated heterocycles. The van der Waals surface area contributed by atoms with Crippen LogP contribution in [0.2, 0.25) is 0 Å². The first-order valence-electron chi connectivity index (χ1n) is 2.10. The van der Waals surface area contributed by atoms with Crippen LogP contribution in [0.4, 0.5) is 0 Å². The van der Waals surface area contributed by atoms with E-state index in [4.69, 9.17) is 0 Å². The predicted molar refractivity (Wildman–Crippen MR) is 41.2 cm³/mol. The largest absolute Gasteiger partial charge is 0.354 e. The molecule has 8 heavy (non-hydrogen) atoms. The summed E-state index contributed by atoms with van der Waals surface area (Å²) in [5.74, 6) is -0.126. The van der Waals surface area contributed by atoms with Gasteiger partial charge in [-0.3, -0.25) is 4.79 Å². The summed E-state index contributed by atoms with van der Waals surface area (Å²) < 4.78 is 3.63. The molecule has 0 bridgehead atoms. The number of rotatable bonds is 1. The highest BCUT2D eigenvalue weighted by Gasteiger charge is 1.98. The number of nitrogens with zero attached hydrogens (tertiary/aromatic N) is 1. The Morgan fingerprint density at radius 1 is 1.75 bits per heavy atom. The smallest absolute Gasteiger partial charge is 0.265 e. The zero-order valence-electron chi connectivity index (χ0n) is 4.73. The van der Waals surface area contributed by atoms with E-state index in [-0.39, 0.29) is 5.91 Å². The van der Waals surface area contributed by atoms with Gasteiger partial charge in [0.05, 0.1) is 22.9 Å². The van der Waals surface area contributed by atoms with Gasteiger partial charge in [0.1, 0.15) is 5.71 Å². The van der Waals surface area contributed by atoms with Gasteiger partial charge in [0, 0.05) is 7.05 Å². The molecule has 0 aromatic heterocycles. The molecule has 0 radical (unpaired) electrons. The Kier molecular flexibility index (Phi) is 3.76. The normalized spacial score (nSPS) is 11.1. The molecule has 4 heteroatoms. The van der Waals surface area contributed by atoms with Gasteiger partial charge in [-0.2, -0.15) is 0 Å². The van der Waals surface area contributed by atoms with Crippen LogP contribution in [0.25, 0.3) is 0 Å². The number of hydrogen-bond donors (Lipinski definition) is 1. The van der Waals surface area contributed by atoms with Gasteiger partial charge in [-0.05, 0) is 6.92 Å². The zero-order chi connectivity index (χ0) is 6.57. The van der Waals surface area contributed by atoms with Crippen molar-refractivity contribution >= 4 is 34.5 Å². The summed E-state index contributed by atoms with van der Waals surface area (Å²) in [6, 6.07) is 0. The number of carbonyl (C=O) groups excluding carboxylic acids is 1. The monoisotopic (exact) mass is 226 g/mol. The molecule has 0 saturated carbocycles. The first kappa shape index (κ1) is 7.87. The number of hydrogen-bond acceptors (Lipinski definition) is 2. The van der Waals surface area contributed by atoms with Gasteiger partial charge in [0.2, 0.25) is 0 Å². The molecule has 0 aromatic rings. The first-order chi connectivity index (χ1) is 3.72. The molecule has 0 atom stereocenters. The van der Waals surface area contributed by atoms with Crippen LogP contribution in [-0.4, -0.2) is 18.7 Å². The molecule has 0 heterocycles. The Labute approximate surface area is 62.1 Å². The minimum atomic E-state index is -0.126. The van der Waals surface area contributed by atoms with Crippen LogP contribution >= 0.6 is 22.9 Å². The molecule has 0 spiro atoms. The van der Waals surface area contributed by atoms with Crippen LogP contribution in [0, 0.1) is 0 Å². The number of amides is 1. The number of nitrogens with one attached hydrogen (secondary N) is 1. The maximum Gasteiger partial charge on any atom is 0.265 e. The lowest BCUT2D eigenvalue weighted by Gasteiger charge is -1.92. The van der Waals surface area contributed by atoms with Crippen molar-refractivity contribution in [3.05, 3.63) is 0 Å². The Morgan fingerprint density at radius 2 is 2.25 bits per heavy atom. The van der Waals surface area contributed by atoms with Crippen molar-refractivity contribution in [2.75, 3.05) is 7.05 Å². The van der Waals surface area contributed by atoms with Gasteiger partial charge in [-0.25, -0.2) is 3.21 Å². The zero-order valence-corrected chi connectivity index (χ0v) is 6.89. The second-order valence-electron chi connectivity index (χ2n) is 1.25. The van der Waals surface area contributed by atoms with Crippen molar-refractivity contribution in [2.24, 2.45) is 3.21 Å². The van der Waals surface area contributed by atoms with Gasteiger partial charge >= 0.3 is 0 Å². The van der Waals surface area contributed by atoms with Crippen molar-refractivity contribution in [3.63, 3.8) is 0 Å². The molecule has 0 unspecified atom stereocenters. The fraction of sp³-hybridized carbons (Fsp3) is 0.500. The fourth-order valence-electron chi connectivity index (χ4n) is 0.219. The van der Waals surface area contributed by atoms with E-state index in [1.165, 1.54) is 0 Å². The van der Waals surface area contributed by atoms with Crippen LogP contribution in [0.15, 0.2) is 3.21 Å². The third kappa shape index (κ3) is 2.25. The van der Waals surface area contributed by atoms with Gasteiger partial charge in [0.25, 0.3) is 5.91 Å². The summed E-state index contributed by atoms with van der Waals surface area (Å²) in [4.78, 5) is 10.5. The SMILES string of the molecule is CNC(=O)/C(C)=N/I. The second-order valence-corrected chi connectivity index (χ2v) is 1.73. The molecule has 1 N–H and O–H groups in total. The highest BCUT2D eigenvalue weighted by Crippen LogP contribution is 1.85. The van der Waals surface area contributed by atoms with E-state index in [1.807, 2.05) is 0 Å². The molecular weight excluding hydrogens is 219 g/mol. The maximum atomic E-state index is 10.5. The topological polar surface area (TPSA) is 41.5 Å². The quantitative estimate of drug-likeness (QED) is 0.514. The summed E-state index contributed by atoms with van der Waals surface area (Å²) in [6.45, 7) is 1.66. The predicted octanol–water partition coefficient (Wildman–Crippen LogP) is 0.543. The van der Waals surface area contributed by atoms with E-state index < -0.39 is 0 Å². The molecule has 0 fully saturated rings. The van der Waals surface area contributed by atoms with Crippen LogP contribution in [0.3, 0.4) is 0 Å². The first-order valence-corrected chi connectivity index (χ1v) is 3.06.